The van der Waals surface area contributed by atoms with Gasteiger partial charge in [0.25, 0.3) is 0 Å². The molecule has 5 aliphatic rings. The van der Waals surface area contributed by atoms with Crippen molar-refractivity contribution in [2.24, 2.45) is 40.4 Å². The molecule has 0 aromatic heterocycles. The fourth-order valence-corrected chi connectivity index (χ4v) is 9.51. The molecule has 5 fully saturated rings. The van der Waals surface area contributed by atoms with Crippen LogP contribution in [0.1, 0.15) is 98.3 Å². The largest absolute Gasteiger partial charge is 0.389 e. The van der Waals surface area contributed by atoms with Gasteiger partial charge in [-0.05, 0) is 98.2 Å². The van der Waals surface area contributed by atoms with Crippen molar-refractivity contribution in [3.8, 4) is 0 Å². The minimum atomic E-state index is -0.410. The Balaban J connectivity index is 1.43. The lowest BCUT2D eigenvalue weighted by Crippen LogP contribution is -2.60. The van der Waals surface area contributed by atoms with Gasteiger partial charge in [0, 0.05) is 6.42 Å². The second-order valence-corrected chi connectivity index (χ2v) is 11.9. The molecule has 5 rings (SSSR count). The van der Waals surface area contributed by atoms with Gasteiger partial charge < -0.3 is 5.11 Å². The number of hydrogen-bond acceptors (Lipinski definition) is 3. The molecule has 0 aromatic rings. The van der Waals surface area contributed by atoms with E-state index in [0.29, 0.717) is 11.3 Å². The normalized spacial score (nSPS) is 58.4. The Morgan fingerprint density at radius 3 is 2.46 bits per heavy atom. The van der Waals surface area contributed by atoms with Gasteiger partial charge in [-0.3, -0.25) is 0 Å². The Kier molecular flexibility index (Phi) is 4.56. The fourth-order valence-electron chi connectivity index (χ4n) is 9.51. The molecule has 28 heavy (non-hydrogen) atoms. The molecular formula is C25H42O3. The Labute approximate surface area is 171 Å². The van der Waals surface area contributed by atoms with E-state index in [4.69, 9.17) is 9.78 Å². The van der Waals surface area contributed by atoms with Crippen molar-refractivity contribution < 1.29 is 14.9 Å². The van der Waals surface area contributed by atoms with E-state index in [1.54, 1.807) is 0 Å². The van der Waals surface area contributed by atoms with Gasteiger partial charge in [-0.25, -0.2) is 9.78 Å². The Morgan fingerprint density at radius 1 is 0.964 bits per heavy atom. The summed E-state index contributed by atoms with van der Waals surface area (Å²) in [4.78, 5) is 11.3. The van der Waals surface area contributed by atoms with Gasteiger partial charge in [-0.2, -0.15) is 0 Å². The van der Waals surface area contributed by atoms with Crippen LogP contribution in [-0.2, 0) is 9.78 Å². The minimum Gasteiger partial charge on any atom is -0.389 e. The lowest BCUT2D eigenvalue weighted by molar-refractivity contribution is -0.330. The summed E-state index contributed by atoms with van der Waals surface area (Å²) in [6, 6.07) is 0. The van der Waals surface area contributed by atoms with Crippen LogP contribution in [0.5, 0.6) is 0 Å². The SMILES string of the molecule is CCC[C@]1(O)CC[C@H]2[C@@H]3CC[C@H]4CC5(CCOO5)C[C@H](C)[C@]4(C)[C@H]3CC[C@@]21C. The molecule has 0 aromatic carbocycles. The third kappa shape index (κ3) is 2.45. The van der Waals surface area contributed by atoms with Crippen LogP contribution in [0.25, 0.3) is 0 Å². The highest BCUT2D eigenvalue weighted by Crippen LogP contribution is 2.70. The molecule has 3 nitrogen and oxygen atoms in total. The van der Waals surface area contributed by atoms with Crippen LogP contribution >= 0.6 is 0 Å². The summed E-state index contributed by atoms with van der Waals surface area (Å²) in [5.41, 5.74) is 0.183. The summed E-state index contributed by atoms with van der Waals surface area (Å²) in [5, 5.41) is 11.6. The molecule has 0 radical (unpaired) electrons. The van der Waals surface area contributed by atoms with Crippen molar-refractivity contribution in [3.63, 3.8) is 0 Å². The second kappa shape index (κ2) is 6.44. The van der Waals surface area contributed by atoms with Crippen molar-refractivity contribution in [1.82, 2.24) is 0 Å². The lowest BCUT2D eigenvalue weighted by Gasteiger charge is -2.64. The summed E-state index contributed by atoms with van der Waals surface area (Å²) in [6.07, 6.45) is 13.1. The summed E-state index contributed by atoms with van der Waals surface area (Å²) >= 11 is 0. The van der Waals surface area contributed by atoms with Crippen LogP contribution in [0, 0.1) is 40.4 Å². The van der Waals surface area contributed by atoms with Gasteiger partial charge in [0.05, 0.1) is 12.2 Å². The highest BCUT2D eigenvalue weighted by Gasteiger charge is 2.66. The van der Waals surface area contributed by atoms with E-state index in [0.717, 1.165) is 56.0 Å². The minimum absolute atomic E-state index is 0.00828. The van der Waals surface area contributed by atoms with Crippen LogP contribution in [0.4, 0.5) is 0 Å². The van der Waals surface area contributed by atoms with E-state index >= 15 is 0 Å². The van der Waals surface area contributed by atoms with E-state index in [1.165, 1.54) is 44.9 Å². The molecule has 3 heteroatoms. The Hall–Kier alpha value is -0.120. The van der Waals surface area contributed by atoms with Crippen LogP contribution in [-0.4, -0.2) is 22.9 Å². The highest BCUT2D eigenvalue weighted by molar-refractivity contribution is 5.15. The number of rotatable bonds is 2. The fraction of sp³-hybridized carbons (Fsp3) is 1.00. The molecule has 0 bridgehead atoms. The summed E-state index contributed by atoms with van der Waals surface area (Å²) in [5.74, 6) is 3.86. The zero-order chi connectivity index (χ0) is 19.8. The van der Waals surface area contributed by atoms with Crippen molar-refractivity contribution in [2.75, 3.05) is 6.61 Å². The average molecular weight is 391 g/mol. The first-order valence-corrected chi connectivity index (χ1v) is 12.3. The molecule has 1 spiro atoms. The van der Waals surface area contributed by atoms with Gasteiger partial charge in [-0.1, -0.05) is 34.1 Å². The maximum atomic E-state index is 11.6. The van der Waals surface area contributed by atoms with Gasteiger partial charge in [-0.15, -0.1) is 0 Å². The molecule has 160 valence electrons. The van der Waals surface area contributed by atoms with Crippen molar-refractivity contribution >= 4 is 0 Å². The Morgan fingerprint density at radius 2 is 1.75 bits per heavy atom. The molecule has 4 saturated carbocycles. The standard InChI is InChI=1S/C25H42O3/c1-5-10-25(26)12-9-20-19-7-6-18-16-24(13-14-27-28-24)15-17(2)23(18,4)21(19)8-11-22(20,25)3/h17-21,26H,5-16H2,1-4H3/t17-,18-,19-,20-,21-,22-,23-,24?,25-/m0/s1. The van der Waals surface area contributed by atoms with E-state index in [2.05, 4.69) is 27.7 Å². The van der Waals surface area contributed by atoms with Crippen molar-refractivity contribution in [3.05, 3.63) is 0 Å². The maximum absolute atomic E-state index is 11.6. The first kappa shape index (κ1) is 19.8. The Bertz CT molecular complexity index is 613. The summed E-state index contributed by atoms with van der Waals surface area (Å²) in [7, 11) is 0. The van der Waals surface area contributed by atoms with Gasteiger partial charge in [0.15, 0.2) is 0 Å². The van der Waals surface area contributed by atoms with Crippen LogP contribution in [0.2, 0.25) is 0 Å². The third-order valence-corrected chi connectivity index (χ3v) is 11.2. The zero-order valence-electron chi connectivity index (χ0n) is 18.6. The monoisotopic (exact) mass is 390 g/mol. The average Bonchev–Trinajstić information content (AvgIpc) is 3.20. The van der Waals surface area contributed by atoms with E-state index in [-0.39, 0.29) is 11.0 Å². The first-order valence-electron chi connectivity index (χ1n) is 12.3. The van der Waals surface area contributed by atoms with Crippen LogP contribution in [0.3, 0.4) is 0 Å². The van der Waals surface area contributed by atoms with Gasteiger partial charge in [0.2, 0.25) is 0 Å². The summed E-state index contributed by atoms with van der Waals surface area (Å²) in [6.45, 7) is 10.6. The van der Waals surface area contributed by atoms with E-state index in [1.807, 2.05) is 0 Å². The maximum Gasteiger partial charge on any atom is 0.106 e. The van der Waals surface area contributed by atoms with Gasteiger partial charge >= 0.3 is 0 Å². The highest BCUT2D eigenvalue weighted by atomic mass is 17.2. The van der Waals surface area contributed by atoms with Crippen LogP contribution < -0.4 is 0 Å². The van der Waals surface area contributed by atoms with Crippen molar-refractivity contribution in [2.45, 2.75) is 110 Å². The van der Waals surface area contributed by atoms with Crippen LogP contribution in [0.15, 0.2) is 0 Å². The third-order valence-electron chi connectivity index (χ3n) is 11.2. The predicted molar refractivity (Wildman–Crippen MR) is 111 cm³/mol. The second-order valence-electron chi connectivity index (χ2n) is 11.9. The number of aliphatic hydroxyl groups is 1. The van der Waals surface area contributed by atoms with Crippen molar-refractivity contribution in [1.29, 1.82) is 0 Å². The molecular weight excluding hydrogens is 348 g/mol. The number of fused-ring (bicyclic) bond motifs is 5. The summed E-state index contributed by atoms with van der Waals surface area (Å²) < 4.78 is 0. The topological polar surface area (TPSA) is 38.7 Å². The zero-order valence-corrected chi connectivity index (χ0v) is 18.6. The molecule has 1 saturated heterocycles. The first-order chi connectivity index (χ1) is 13.3. The number of hydrogen-bond donors (Lipinski definition) is 1. The van der Waals surface area contributed by atoms with Gasteiger partial charge in [0.1, 0.15) is 5.60 Å². The molecule has 9 atom stereocenters. The lowest BCUT2D eigenvalue weighted by atomic mass is 9.41. The van der Waals surface area contributed by atoms with E-state index < -0.39 is 5.60 Å². The molecule has 1 heterocycles. The molecule has 1 aliphatic heterocycles. The quantitative estimate of drug-likeness (QED) is 0.597. The smallest absolute Gasteiger partial charge is 0.106 e. The molecule has 4 aliphatic carbocycles. The molecule has 0 amide bonds. The molecule has 1 unspecified atom stereocenters. The predicted octanol–water partition coefficient (Wildman–Crippen LogP) is 5.90. The molecule has 1 N–H and O–H groups in total. The van der Waals surface area contributed by atoms with E-state index in [9.17, 15) is 5.11 Å².